The average Bonchev–Trinajstić information content (AvgIpc) is 2.88. The summed E-state index contributed by atoms with van der Waals surface area (Å²) in [6, 6.07) is -3.69. The Morgan fingerprint density at radius 2 is 1.85 bits per heavy atom. The molecule has 2 rings (SSSR count). The van der Waals surface area contributed by atoms with Crippen LogP contribution in [0.4, 0.5) is 4.39 Å². The Labute approximate surface area is 227 Å². The summed E-state index contributed by atoms with van der Waals surface area (Å²) in [4.78, 5) is 72.3. The molecule has 1 saturated heterocycles. The number of carboxylic acid groups (broad SMARTS) is 2. The second kappa shape index (κ2) is 13.7. The Morgan fingerprint density at radius 3 is 2.39 bits per heavy atom. The Morgan fingerprint density at radius 1 is 1.22 bits per heavy atom. The summed E-state index contributed by atoms with van der Waals surface area (Å²) in [6.07, 6.45) is -10.4. The second-order valence-corrected chi connectivity index (χ2v) is 9.01. The Balaban J connectivity index is 2.22. The lowest BCUT2D eigenvalue weighted by Crippen LogP contribution is -2.68. The van der Waals surface area contributed by atoms with E-state index in [1.807, 2.05) is 0 Å². The number of aliphatic hydroxyl groups is 5. The molecule has 20 heteroatoms. The van der Waals surface area contributed by atoms with Crippen molar-refractivity contribution < 1.29 is 68.8 Å². The van der Waals surface area contributed by atoms with Crippen LogP contribution in [0.2, 0.25) is 0 Å². The lowest BCUT2D eigenvalue weighted by Gasteiger charge is -2.46. The first-order valence-corrected chi connectivity index (χ1v) is 11.7. The van der Waals surface area contributed by atoms with Gasteiger partial charge in [0.1, 0.15) is 31.0 Å². The first-order valence-electron chi connectivity index (χ1n) is 11.7. The van der Waals surface area contributed by atoms with Crippen molar-refractivity contribution in [2.45, 2.75) is 68.3 Å². The van der Waals surface area contributed by atoms with E-state index < -0.39 is 115 Å². The molecule has 0 saturated carbocycles. The van der Waals surface area contributed by atoms with E-state index in [1.54, 1.807) is 10.3 Å². The summed E-state index contributed by atoms with van der Waals surface area (Å²) in [5.41, 5.74) is -2.57. The number of H-pyrrole nitrogens is 1. The molecule has 0 radical (unpaired) electrons. The van der Waals surface area contributed by atoms with Gasteiger partial charge in [-0.15, -0.1) is 0 Å². The van der Waals surface area contributed by atoms with Gasteiger partial charge in [-0.2, -0.15) is 4.39 Å². The largest absolute Gasteiger partial charge is 0.480 e. The zero-order valence-corrected chi connectivity index (χ0v) is 21.2. The average molecular weight is 596 g/mol. The summed E-state index contributed by atoms with van der Waals surface area (Å²) in [5, 5.41) is 73.4. The normalized spacial score (nSPS) is 25.4. The van der Waals surface area contributed by atoms with Crippen LogP contribution >= 0.6 is 0 Å². The van der Waals surface area contributed by atoms with Gasteiger partial charge in [0.2, 0.25) is 17.6 Å². The summed E-state index contributed by atoms with van der Waals surface area (Å²) in [5.74, 6) is -10.3. The molecule has 1 aromatic heterocycles. The van der Waals surface area contributed by atoms with Gasteiger partial charge in [-0.05, 0) is 0 Å². The molecule has 8 atom stereocenters. The number of nitrogens with zero attached hydrogens (tertiary/aromatic N) is 1. The minimum atomic E-state index is -2.91. The fraction of sp³-hybridized carbons (Fsp3) is 0.619. The third kappa shape index (κ3) is 8.13. The van der Waals surface area contributed by atoms with Crippen LogP contribution in [-0.2, 0) is 35.2 Å². The van der Waals surface area contributed by atoms with E-state index in [0.29, 0.717) is 10.8 Å². The summed E-state index contributed by atoms with van der Waals surface area (Å²) in [7, 11) is 0. The number of halogens is 1. The number of hydrogen-bond donors (Lipinski definition) is 10. The maximum Gasteiger partial charge on any atom is 0.364 e. The predicted octanol–water partition coefficient (Wildman–Crippen LogP) is -6.23. The number of carboxylic acids is 2. The minimum Gasteiger partial charge on any atom is -0.480 e. The summed E-state index contributed by atoms with van der Waals surface area (Å²) in [6.45, 7) is -2.23. The lowest BCUT2D eigenvalue weighted by molar-refractivity contribution is -0.309. The first-order chi connectivity index (χ1) is 19.0. The molecule has 10 N–H and O–H groups in total. The molecule has 0 bridgehead atoms. The van der Waals surface area contributed by atoms with Crippen LogP contribution in [0.1, 0.15) is 13.3 Å². The molecule has 230 valence electrons. The molecule has 1 aliphatic rings. The molecule has 0 unspecified atom stereocenters. The maximum atomic E-state index is 13.5. The zero-order valence-electron chi connectivity index (χ0n) is 21.2. The number of carbonyl (C=O) groups is 4. The van der Waals surface area contributed by atoms with Gasteiger partial charge in [-0.3, -0.25) is 23.9 Å². The van der Waals surface area contributed by atoms with Crippen molar-refractivity contribution in [3.8, 4) is 0 Å². The van der Waals surface area contributed by atoms with Crippen LogP contribution in [0.25, 0.3) is 0 Å². The van der Waals surface area contributed by atoms with E-state index in [-0.39, 0.29) is 0 Å². The standard InChI is InChI=1S/C21H29FN4O15/c1-7(28)23-13-9(29)2-21(19(37)38,41-16(13)15(33)11(31)5-27)40-6-12(32)24-14(18(35)36)10(30)4-26-3-8(22)17(34)25-20(26)39/h3,9-11,13-16,27,29-31,33H,2,4-6H2,1H3,(H,23,28)(H,24,32)(H,35,36)(H,37,38)(H,25,34,39)/t9-,10-,11+,13+,14-,15+,16+,21+/m0/s1. The van der Waals surface area contributed by atoms with Crippen LogP contribution in [0.15, 0.2) is 15.8 Å². The summed E-state index contributed by atoms with van der Waals surface area (Å²) >= 11 is 0. The van der Waals surface area contributed by atoms with Crippen molar-refractivity contribution in [1.29, 1.82) is 0 Å². The highest BCUT2D eigenvalue weighted by atomic mass is 19.1. The molecule has 0 aromatic carbocycles. The number of nitrogens with one attached hydrogen (secondary N) is 3. The number of hydrogen-bond acceptors (Lipinski definition) is 13. The number of aliphatic carboxylic acids is 2. The smallest absolute Gasteiger partial charge is 0.364 e. The van der Waals surface area contributed by atoms with E-state index in [4.69, 9.17) is 14.6 Å². The molecular formula is C21H29FN4O15. The Kier molecular flexibility index (Phi) is 11.2. The maximum absolute atomic E-state index is 13.5. The van der Waals surface area contributed by atoms with Crippen molar-refractivity contribution in [1.82, 2.24) is 20.2 Å². The molecule has 1 fully saturated rings. The van der Waals surface area contributed by atoms with E-state index in [0.717, 1.165) is 6.92 Å². The van der Waals surface area contributed by atoms with Crippen LogP contribution in [-0.4, -0.2) is 131 Å². The molecule has 1 aromatic rings. The van der Waals surface area contributed by atoms with Crippen molar-refractivity contribution in [3.63, 3.8) is 0 Å². The quantitative estimate of drug-likeness (QED) is 0.101. The number of ether oxygens (including phenoxy) is 2. The third-order valence-electron chi connectivity index (χ3n) is 5.94. The number of aromatic amines is 1. The second-order valence-electron chi connectivity index (χ2n) is 9.01. The number of rotatable bonds is 13. The van der Waals surface area contributed by atoms with Crippen LogP contribution in [0.5, 0.6) is 0 Å². The van der Waals surface area contributed by atoms with E-state index in [2.05, 4.69) is 5.32 Å². The van der Waals surface area contributed by atoms with Crippen LogP contribution in [0, 0.1) is 5.82 Å². The highest BCUT2D eigenvalue weighted by Gasteiger charge is 2.56. The van der Waals surface area contributed by atoms with Gasteiger partial charge in [0.15, 0.2) is 6.04 Å². The molecule has 0 aliphatic carbocycles. The molecular weight excluding hydrogens is 567 g/mol. The van der Waals surface area contributed by atoms with Gasteiger partial charge < -0.3 is 55.9 Å². The highest BCUT2D eigenvalue weighted by Crippen LogP contribution is 2.33. The van der Waals surface area contributed by atoms with Crippen molar-refractivity contribution in [3.05, 3.63) is 32.9 Å². The fourth-order valence-corrected chi connectivity index (χ4v) is 3.92. The van der Waals surface area contributed by atoms with E-state index >= 15 is 0 Å². The lowest BCUT2D eigenvalue weighted by atomic mass is 9.88. The molecule has 41 heavy (non-hydrogen) atoms. The summed E-state index contributed by atoms with van der Waals surface area (Å²) < 4.78 is 24.3. The van der Waals surface area contributed by atoms with Gasteiger partial charge in [0, 0.05) is 13.3 Å². The Bertz CT molecular complexity index is 1250. The van der Waals surface area contributed by atoms with E-state index in [1.165, 1.54) is 0 Å². The molecule has 2 heterocycles. The van der Waals surface area contributed by atoms with Crippen LogP contribution in [0.3, 0.4) is 0 Å². The third-order valence-corrected chi connectivity index (χ3v) is 5.94. The monoisotopic (exact) mass is 596 g/mol. The number of carbonyl (C=O) groups excluding carboxylic acids is 2. The van der Waals surface area contributed by atoms with E-state index in [9.17, 15) is 63.8 Å². The highest BCUT2D eigenvalue weighted by molar-refractivity contribution is 5.85. The van der Waals surface area contributed by atoms with Crippen LogP contribution < -0.4 is 21.9 Å². The minimum absolute atomic E-state index is 0.392. The topological polar surface area (TPSA) is 307 Å². The van der Waals surface area contributed by atoms with Gasteiger partial charge in [0.05, 0.1) is 31.5 Å². The van der Waals surface area contributed by atoms with Gasteiger partial charge in [-0.1, -0.05) is 0 Å². The van der Waals surface area contributed by atoms with Crippen molar-refractivity contribution in [2.75, 3.05) is 13.2 Å². The predicted molar refractivity (Wildman–Crippen MR) is 125 cm³/mol. The molecule has 0 spiro atoms. The molecule has 2 amide bonds. The molecule has 1 aliphatic heterocycles. The Hall–Kier alpha value is -3.79. The molecule has 19 nitrogen and oxygen atoms in total. The zero-order chi connectivity index (χ0) is 31.2. The SMILES string of the molecule is CC(=O)N[C@H]1[C@H]([C@H](O)[C@H](O)CO)O[C@@](OCC(=O)N[C@H](C(=O)O)[C@@H](O)Cn2cc(F)c(=O)[nH]c2=O)(C(=O)O)C[C@@H]1O. The van der Waals surface area contributed by atoms with Crippen molar-refractivity contribution in [2.24, 2.45) is 0 Å². The van der Waals surface area contributed by atoms with Gasteiger partial charge >= 0.3 is 17.6 Å². The van der Waals surface area contributed by atoms with Crippen molar-refractivity contribution >= 4 is 23.8 Å². The number of amides is 2. The fourth-order valence-electron chi connectivity index (χ4n) is 3.92. The van der Waals surface area contributed by atoms with Gasteiger partial charge in [0.25, 0.3) is 11.3 Å². The first kappa shape index (κ1) is 33.4. The number of aromatic nitrogens is 2. The van der Waals surface area contributed by atoms with Gasteiger partial charge in [-0.25, -0.2) is 14.4 Å². The number of aliphatic hydroxyl groups excluding tert-OH is 5.